The normalized spacial score (nSPS) is 17.7. The summed E-state index contributed by atoms with van der Waals surface area (Å²) < 4.78 is 6.24. The van der Waals surface area contributed by atoms with Crippen LogP contribution in [0.1, 0.15) is 33.9 Å². The van der Waals surface area contributed by atoms with Crippen molar-refractivity contribution in [2.45, 2.75) is 12.1 Å². The van der Waals surface area contributed by atoms with Crippen molar-refractivity contribution < 1.29 is 19.4 Å². The van der Waals surface area contributed by atoms with Gasteiger partial charge in [-0.05, 0) is 66.8 Å². The molecule has 0 bridgehead atoms. The minimum atomic E-state index is -1.02. The highest BCUT2D eigenvalue weighted by Crippen LogP contribution is 2.43. The van der Waals surface area contributed by atoms with Gasteiger partial charge in [-0.2, -0.15) is 0 Å². The van der Waals surface area contributed by atoms with Gasteiger partial charge >= 0.3 is 5.97 Å². The molecule has 2 atom stereocenters. The lowest BCUT2D eigenvalue weighted by atomic mass is 10.0. The maximum Gasteiger partial charge on any atom is 0.336 e. The van der Waals surface area contributed by atoms with Crippen LogP contribution in [0.25, 0.3) is 11.3 Å². The van der Waals surface area contributed by atoms with E-state index < -0.39 is 5.97 Å². The van der Waals surface area contributed by atoms with Crippen LogP contribution in [-0.2, 0) is 0 Å². The molecule has 1 aliphatic rings. The predicted molar refractivity (Wildman–Crippen MR) is 127 cm³/mol. The summed E-state index contributed by atoms with van der Waals surface area (Å²) in [5.41, 5.74) is 2.22. The van der Waals surface area contributed by atoms with E-state index in [1.807, 2.05) is 29.2 Å². The second-order valence-electron chi connectivity index (χ2n) is 7.57. The summed E-state index contributed by atoms with van der Waals surface area (Å²) in [6.45, 7) is 0. The van der Waals surface area contributed by atoms with Gasteiger partial charge in [-0.1, -0.05) is 24.3 Å². The van der Waals surface area contributed by atoms with Crippen molar-refractivity contribution >= 4 is 29.0 Å². The molecular formula is C25H19N3O4S. The van der Waals surface area contributed by atoms with Gasteiger partial charge < -0.3 is 24.8 Å². The number of rotatable bonds is 5. The van der Waals surface area contributed by atoms with E-state index in [0.717, 1.165) is 11.4 Å². The number of hydrogen-bond acceptors (Lipinski definition) is 5. The Morgan fingerprint density at radius 1 is 1.00 bits per heavy atom. The van der Waals surface area contributed by atoms with Gasteiger partial charge in [0.2, 0.25) is 0 Å². The molecule has 1 aliphatic heterocycles. The van der Waals surface area contributed by atoms with Gasteiger partial charge in [0.05, 0.1) is 17.3 Å². The van der Waals surface area contributed by atoms with Crippen LogP contribution >= 0.6 is 12.2 Å². The fraction of sp³-hybridized carbons (Fsp3) is 0.0800. The van der Waals surface area contributed by atoms with Crippen LogP contribution in [0.5, 0.6) is 5.75 Å². The predicted octanol–water partition coefficient (Wildman–Crippen LogP) is 4.92. The molecule has 3 N–H and O–H groups in total. The van der Waals surface area contributed by atoms with Crippen LogP contribution in [0, 0.1) is 0 Å². The van der Waals surface area contributed by atoms with Crippen molar-refractivity contribution in [2.75, 3.05) is 4.90 Å². The third kappa shape index (κ3) is 3.81. The van der Waals surface area contributed by atoms with E-state index in [1.165, 1.54) is 0 Å². The number of hydrogen-bond donors (Lipinski definition) is 3. The number of nitrogens with zero attached hydrogens (tertiary/aromatic N) is 2. The molecule has 2 aromatic heterocycles. The lowest BCUT2D eigenvalue weighted by Crippen LogP contribution is -2.29. The van der Waals surface area contributed by atoms with Gasteiger partial charge in [0.1, 0.15) is 23.3 Å². The number of phenolic OH excluding ortho intramolecular Hbond substituents is 1. The molecule has 2 unspecified atom stereocenters. The molecule has 8 heteroatoms. The second kappa shape index (κ2) is 8.40. The highest BCUT2D eigenvalue weighted by atomic mass is 32.1. The first-order valence-corrected chi connectivity index (χ1v) is 10.7. The number of anilines is 1. The Labute approximate surface area is 194 Å². The first-order valence-electron chi connectivity index (χ1n) is 10.2. The van der Waals surface area contributed by atoms with Crippen LogP contribution in [0.2, 0.25) is 0 Å². The van der Waals surface area contributed by atoms with E-state index >= 15 is 0 Å². The summed E-state index contributed by atoms with van der Waals surface area (Å²) in [7, 11) is 0. The number of pyridine rings is 1. The third-order valence-electron chi connectivity index (χ3n) is 5.57. The van der Waals surface area contributed by atoms with Gasteiger partial charge in [-0.15, -0.1) is 0 Å². The molecule has 2 aromatic carbocycles. The lowest BCUT2D eigenvalue weighted by Gasteiger charge is -2.26. The maximum absolute atomic E-state index is 11.7. The topological polar surface area (TPSA) is 98.8 Å². The van der Waals surface area contributed by atoms with Crippen LogP contribution in [-0.4, -0.2) is 26.3 Å². The molecule has 33 heavy (non-hydrogen) atoms. The van der Waals surface area contributed by atoms with Gasteiger partial charge in [-0.25, -0.2) is 4.79 Å². The Hall–Kier alpha value is -4.17. The molecule has 0 aliphatic carbocycles. The number of furan rings is 1. The standard InChI is InChI=1S/C25H19N3O4S/c29-16-10-8-15(9-11-16)28-23(22(27-25(28)33)19-7-3-4-14-26-19)21-13-12-20(32-21)17-5-1-2-6-18(17)24(30)31/h1-14,22-23,29H,(H,27,33)(H,30,31). The first kappa shape index (κ1) is 20.7. The second-order valence-corrected chi connectivity index (χ2v) is 7.95. The van der Waals surface area contributed by atoms with Gasteiger partial charge in [0.25, 0.3) is 0 Å². The third-order valence-corrected chi connectivity index (χ3v) is 5.88. The highest BCUT2D eigenvalue weighted by molar-refractivity contribution is 7.80. The monoisotopic (exact) mass is 457 g/mol. The molecule has 0 saturated carbocycles. The van der Waals surface area contributed by atoms with E-state index in [0.29, 0.717) is 22.2 Å². The lowest BCUT2D eigenvalue weighted by molar-refractivity contribution is 0.0697. The van der Waals surface area contributed by atoms with Crippen molar-refractivity contribution in [2.24, 2.45) is 0 Å². The average molecular weight is 458 g/mol. The summed E-state index contributed by atoms with van der Waals surface area (Å²) in [5, 5.41) is 23.1. The maximum atomic E-state index is 11.7. The summed E-state index contributed by atoms with van der Waals surface area (Å²) in [6.07, 6.45) is 1.72. The molecule has 1 saturated heterocycles. The van der Waals surface area contributed by atoms with Crippen LogP contribution in [0.3, 0.4) is 0 Å². The van der Waals surface area contributed by atoms with E-state index in [1.54, 1.807) is 60.8 Å². The van der Waals surface area contributed by atoms with Gasteiger partial charge in [-0.3, -0.25) is 4.98 Å². The Kier molecular flexibility index (Phi) is 5.27. The quantitative estimate of drug-likeness (QED) is 0.363. The SMILES string of the molecule is O=C(O)c1ccccc1-c1ccc(C2C(c3ccccn3)NC(=S)N2c2ccc(O)cc2)o1. The number of aromatic carboxylic acids is 1. The van der Waals surface area contributed by atoms with E-state index in [9.17, 15) is 15.0 Å². The van der Waals surface area contributed by atoms with Crippen molar-refractivity contribution in [3.05, 3.63) is 102 Å². The molecule has 0 amide bonds. The zero-order valence-electron chi connectivity index (χ0n) is 17.3. The Balaban J connectivity index is 1.61. The molecule has 3 heterocycles. The summed E-state index contributed by atoms with van der Waals surface area (Å²) in [6, 6.07) is 22.0. The number of benzene rings is 2. The van der Waals surface area contributed by atoms with Crippen molar-refractivity contribution in [1.29, 1.82) is 0 Å². The molecular weight excluding hydrogens is 438 g/mol. The van der Waals surface area contributed by atoms with Crippen LogP contribution in [0.4, 0.5) is 5.69 Å². The van der Waals surface area contributed by atoms with Crippen molar-refractivity contribution in [3.8, 4) is 17.1 Å². The molecule has 0 spiro atoms. The van der Waals surface area contributed by atoms with Crippen molar-refractivity contribution in [3.63, 3.8) is 0 Å². The molecule has 7 nitrogen and oxygen atoms in total. The molecule has 4 aromatic rings. The number of carboxylic acids is 1. The number of phenols is 1. The Morgan fingerprint density at radius 2 is 1.76 bits per heavy atom. The number of aromatic hydroxyl groups is 1. The van der Waals surface area contributed by atoms with Crippen LogP contribution < -0.4 is 10.2 Å². The summed E-state index contributed by atoms with van der Waals surface area (Å²) >= 11 is 5.67. The molecule has 164 valence electrons. The fourth-order valence-electron chi connectivity index (χ4n) is 4.08. The number of carboxylic acid groups (broad SMARTS) is 1. The smallest absolute Gasteiger partial charge is 0.336 e. The molecule has 0 radical (unpaired) electrons. The van der Waals surface area contributed by atoms with E-state index in [4.69, 9.17) is 16.6 Å². The van der Waals surface area contributed by atoms with Gasteiger partial charge in [0.15, 0.2) is 5.11 Å². The number of carbonyl (C=O) groups is 1. The largest absolute Gasteiger partial charge is 0.508 e. The van der Waals surface area contributed by atoms with E-state index in [2.05, 4.69) is 10.3 Å². The fourth-order valence-corrected chi connectivity index (χ4v) is 4.42. The number of thiocarbonyl (C=S) groups is 1. The first-order chi connectivity index (χ1) is 16.0. The minimum Gasteiger partial charge on any atom is -0.508 e. The van der Waals surface area contributed by atoms with Gasteiger partial charge in [0, 0.05) is 17.4 Å². The minimum absolute atomic E-state index is 0.153. The van der Waals surface area contributed by atoms with Crippen LogP contribution in [0.15, 0.2) is 89.5 Å². The van der Waals surface area contributed by atoms with E-state index in [-0.39, 0.29) is 23.4 Å². The average Bonchev–Trinajstić information content (AvgIpc) is 3.45. The summed E-state index contributed by atoms with van der Waals surface area (Å²) in [4.78, 5) is 18.1. The highest BCUT2D eigenvalue weighted by Gasteiger charge is 2.42. The zero-order chi connectivity index (χ0) is 22.9. The molecule has 1 fully saturated rings. The summed E-state index contributed by atoms with van der Waals surface area (Å²) in [5.74, 6) is 0.178. The Morgan fingerprint density at radius 3 is 2.48 bits per heavy atom. The number of nitrogens with one attached hydrogen (secondary N) is 1. The number of aromatic nitrogens is 1. The molecule has 5 rings (SSSR count). The zero-order valence-corrected chi connectivity index (χ0v) is 18.1. The Bertz CT molecular complexity index is 1320. The van der Waals surface area contributed by atoms with Crippen molar-refractivity contribution in [1.82, 2.24) is 10.3 Å².